The molecule has 6 rings (SSSR count). The lowest BCUT2D eigenvalue weighted by Crippen LogP contribution is -2.68. The van der Waals surface area contributed by atoms with E-state index in [9.17, 15) is 18.3 Å². The van der Waals surface area contributed by atoms with Crippen LogP contribution in [-0.4, -0.2) is 62.9 Å². The molecule has 3 aliphatic rings. The van der Waals surface area contributed by atoms with Gasteiger partial charge in [-0.15, -0.1) is 0 Å². The van der Waals surface area contributed by atoms with Crippen LogP contribution in [0.2, 0.25) is 0 Å². The molecule has 3 fully saturated rings. The predicted octanol–water partition coefficient (Wildman–Crippen LogP) is 3.79. The van der Waals surface area contributed by atoms with Crippen LogP contribution in [0.4, 0.5) is 0 Å². The highest BCUT2D eigenvalue weighted by atomic mass is 32.2. The lowest BCUT2D eigenvalue weighted by atomic mass is 9.66. The van der Waals surface area contributed by atoms with Crippen LogP contribution in [0.25, 0.3) is 0 Å². The van der Waals surface area contributed by atoms with E-state index in [-0.39, 0.29) is 28.8 Å². The average molecular weight is 535 g/mol. The SMILES string of the molecule is COc1ccc(S(C)(=O)=O)cc1CN[C@H]1[C@H]2CCN(C[C@@H]2C(=O)O)[C@@H]1C(c1ccccc1)c1ccccc1. The number of nitrogens with zero attached hydrogens (tertiary/aromatic N) is 1. The highest BCUT2D eigenvalue weighted by Crippen LogP contribution is 2.44. The molecular formula is C30H34N2O5S. The normalized spacial score (nSPS) is 24.9. The van der Waals surface area contributed by atoms with Crippen molar-refractivity contribution in [3.05, 3.63) is 95.6 Å². The molecule has 3 saturated heterocycles. The molecule has 3 aromatic rings. The van der Waals surface area contributed by atoms with Gasteiger partial charge in [-0.2, -0.15) is 0 Å². The van der Waals surface area contributed by atoms with E-state index in [2.05, 4.69) is 34.5 Å². The molecule has 38 heavy (non-hydrogen) atoms. The van der Waals surface area contributed by atoms with Crippen LogP contribution in [0.1, 0.15) is 29.0 Å². The van der Waals surface area contributed by atoms with Crippen molar-refractivity contribution in [2.45, 2.75) is 35.9 Å². The zero-order valence-corrected chi connectivity index (χ0v) is 22.5. The fourth-order valence-corrected chi connectivity index (χ4v) is 7.06. The second-order valence-corrected chi connectivity index (χ2v) is 12.4. The third kappa shape index (κ3) is 5.21. The Morgan fingerprint density at radius 3 is 2.24 bits per heavy atom. The molecule has 0 aliphatic carbocycles. The van der Waals surface area contributed by atoms with Crippen molar-refractivity contribution in [2.75, 3.05) is 26.5 Å². The molecule has 5 atom stereocenters. The summed E-state index contributed by atoms with van der Waals surface area (Å²) in [6.45, 7) is 1.73. The Morgan fingerprint density at radius 1 is 1.05 bits per heavy atom. The number of carboxylic acid groups (broad SMARTS) is 1. The Morgan fingerprint density at radius 2 is 1.68 bits per heavy atom. The van der Waals surface area contributed by atoms with Crippen LogP contribution >= 0.6 is 0 Å². The van der Waals surface area contributed by atoms with Gasteiger partial charge in [0.2, 0.25) is 0 Å². The maximum absolute atomic E-state index is 12.3. The van der Waals surface area contributed by atoms with E-state index in [1.165, 1.54) is 17.4 Å². The molecule has 2 bridgehead atoms. The van der Waals surface area contributed by atoms with Crippen molar-refractivity contribution in [1.82, 2.24) is 10.2 Å². The summed E-state index contributed by atoms with van der Waals surface area (Å²) >= 11 is 0. The first-order valence-corrected chi connectivity index (χ1v) is 14.8. The topological polar surface area (TPSA) is 95.9 Å². The van der Waals surface area contributed by atoms with E-state index >= 15 is 0 Å². The van der Waals surface area contributed by atoms with Crippen molar-refractivity contribution < 1.29 is 23.1 Å². The van der Waals surface area contributed by atoms with Gasteiger partial charge in [-0.1, -0.05) is 60.7 Å². The van der Waals surface area contributed by atoms with Crippen LogP contribution in [-0.2, 0) is 21.2 Å². The number of aliphatic carboxylic acids is 1. The van der Waals surface area contributed by atoms with Crippen molar-refractivity contribution in [3.8, 4) is 5.75 Å². The van der Waals surface area contributed by atoms with E-state index in [1.807, 2.05) is 36.4 Å². The number of ether oxygens (including phenoxy) is 1. The van der Waals surface area contributed by atoms with E-state index in [0.717, 1.165) is 18.5 Å². The summed E-state index contributed by atoms with van der Waals surface area (Å²) in [6, 6.07) is 25.6. The van der Waals surface area contributed by atoms with Crippen molar-refractivity contribution in [1.29, 1.82) is 0 Å². The Hall–Kier alpha value is -3.20. The quantitative estimate of drug-likeness (QED) is 0.431. The van der Waals surface area contributed by atoms with Crippen molar-refractivity contribution in [2.24, 2.45) is 11.8 Å². The molecule has 8 heteroatoms. The highest BCUT2D eigenvalue weighted by Gasteiger charge is 2.52. The van der Waals surface area contributed by atoms with Gasteiger partial charge in [0.15, 0.2) is 9.84 Å². The molecule has 3 heterocycles. The van der Waals surface area contributed by atoms with Gasteiger partial charge in [0.05, 0.1) is 17.9 Å². The standard InChI is InChI=1S/C30H34N2O5S/c1-37-26-14-13-23(38(2,35)36)17-22(26)18-31-28-24-15-16-32(19-25(24)30(33)34)29(28)27(20-9-5-3-6-10-20)21-11-7-4-8-12-21/h3-14,17,24-25,27-29,31H,15-16,18-19H2,1-2H3,(H,33,34)/t24-,25-,28-,29+/m0/s1. The fourth-order valence-electron chi connectivity index (χ4n) is 6.39. The maximum Gasteiger partial charge on any atom is 0.308 e. The molecule has 0 spiro atoms. The molecule has 0 amide bonds. The number of carbonyl (C=O) groups is 1. The van der Waals surface area contributed by atoms with Gasteiger partial charge >= 0.3 is 5.97 Å². The van der Waals surface area contributed by atoms with Crippen molar-refractivity contribution in [3.63, 3.8) is 0 Å². The number of nitrogens with one attached hydrogen (secondary N) is 1. The summed E-state index contributed by atoms with van der Waals surface area (Å²) in [5.41, 5.74) is 3.10. The van der Waals surface area contributed by atoms with E-state index in [1.54, 1.807) is 25.3 Å². The minimum absolute atomic E-state index is 0.0261. The Labute approximate surface area is 224 Å². The first-order chi connectivity index (χ1) is 18.3. The Bertz CT molecular complexity index is 1340. The van der Waals surface area contributed by atoms with Crippen LogP contribution in [0.15, 0.2) is 83.8 Å². The molecule has 3 aliphatic heterocycles. The molecule has 0 radical (unpaired) electrons. The summed E-state index contributed by atoms with van der Waals surface area (Å²) in [5, 5.41) is 13.8. The summed E-state index contributed by atoms with van der Waals surface area (Å²) in [7, 11) is -1.82. The van der Waals surface area contributed by atoms with E-state index in [0.29, 0.717) is 18.8 Å². The highest BCUT2D eigenvalue weighted by molar-refractivity contribution is 7.90. The summed E-state index contributed by atoms with van der Waals surface area (Å²) in [4.78, 5) is 14.9. The predicted molar refractivity (Wildman–Crippen MR) is 146 cm³/mol. The third-order valence-electron chi connectivity index (χ3n) is 8.13. The lowest BCUT2D eigenvalue weighted by molar-refractivity contribution is -0.152. The molecule has 2 N–H and O–H groups in total. The van der Waals surface area contributed by atoms with Crippen LogP contribution in [0, 0.1) is 11.8 Å². The molecule has 7 nitrogen and oxygen atoms in total. The molecule has 200 valence electrons. The number of fused-ring (bicyclic) bond motifs is 3. The zero-order chi connectivity index (χ0) is 26.9. The maximum atomic E-state index is 12.3. The summed E-state index contributed by atoms with van der Waals surface area (Å²) in [6.07, 6.45) is 1.99. The smallest absolute Gasteiger partial charge is 0.308 e. The number of hydrogen-bond donors (Lipinski definition) is 2. The number of benzene rings is 3. The van der Waals surface area contributed by atoms with Crippen LogP contribution in [0.5, 0.6) is 5.75 Å². The first-order valence-electron chi connectivity index (χ1n) is 12.9. The lowest BCUT2D eigenvalue weighted by Gasteiger charge is -2.56. The van der Waals surface area contributed by atoms with Gasteiger partial charge < -0.3 is 15.2 Å². The molecular weight excluding hydrogens is 500 g/mol. The Kier molecular flexibility index (Phi) is 7.56. The minimum Gasteiger partial charge on any atom is -0.496 e. The second kappa shape index (κ2) is 10.9. The van der Waals surface area contributed by atoms with Crippen LogP contribution in [0.3, 0.4) is 0 Å². The third-order valence-corrected chi connectivity index (χ3v) is 9.24. The number of methoxy groups -OCH3 is 1. The van der Waals surface area contributed by atoms with E-state index in [4.69, 9.17) is 4.74 Å². The molecule has 0 aromatic heterocycles. The van der Waals surface area contributed by atoms with Gasteiger partial charge in [-0.05, 0) is 48.2 Å². The largest absolute Gasteiger partial charge is 0.496 e. The number of sulfone groups is 1. The summed E-state index contributed by atoms with van der Waals surface area (Å²) < 4.78 is 30.0. The van der Waals surface area contributed by atoms with Gasteiger partial charge in [0.1, 0.15) is 5.75 Å². The minimum atomic E-state index is -3.39. The number of carboxylic acids is 1. The van der Waals surface area contributed by atoms with Gasteiger partial charge in [-0.25, -0.2) is 8.42 Å². The van der Waals surface area contributed by atoms with Gasteiger partial charge in [-0.3, -0.25) is 9.69 Å². The molecule has 1 unspecified atom stereocenters. The average Bonchev–Trinajstić information content (AvgIpc) is 2.93. The zero-order valence-electron chi connectivity index (χ0n) is 21.7. The second-order valence-electron chi connectivity index (χ2n) is 10.3. The molecule has 3 aromatic carbocycles. The van der Waals surface area contributed by atoms with Gasteiger partial charge in [0.25, 0.3) is 0 Å². The number of rotatable bonds is 9. The monoisotopic (exact) mass is 534 g/mol. The fraction of sp³-hybridized carbons (Fsp3) is 0.367. The molecule has 0 saturated carbocycles. The summed E-state index contributed by atoms with van der Waals surface area (Å²) in [5.74, 6) is -0.648. The van der Waals surface area contributed by atoms with Crippen LogP contribution < -0.4 is 10.1 Å². The van der Waals surface area contributed by atoms with Gasteiger partial charge in [0, 0.05) is 42.9 Å². The van der Waals surface area contributed by atoms with E-state index < -0.39 is 21.7 Å². The Balaban J connectivity index is 1.55. The number of piperidine rings is 3. The number of hydrogen-bond acceptors (Lipinski definition) is 6. The first kappa shape index (κ1) is 26.4. The van der Waals surface area contributed by atoms with Crippen molar-refractivity contribution >= 4 is 15.8 Å².